The fourth-order valence-electron chi connectivity index (χ4n) is 7.76. The fourth-order valence-corrected chi connectivity index (χ4v) is 7.76. The monoisotopic (exact) mass is 630 g/mol. The highest BCUT2D eigenvalue weighted by Crippen LogP contribution is 2.70. The van der Waals surface area contributed by atoms with Crippen LogP contribution in [0.15, 0.2) is 34.9 Å². The molecule has 2 aliphatic carbocycles. The zero-order valence-corrected chi connectivity index (χ0v) is 27.6. The van der Waals surface area contributed by atoms with E-state index in [4.69, 9.17) is 28.4 Å². The largest absolute Gasteiger partial charge is 0.465 e. The number of fused-ring (bicyclic) bond motifs is 2. The summed E-state index contributed by atoms with van der Waals surface area (Å²) in [4.78, 5) is 63.5. The highest BCUT2D eigenvalue weighted by atomic mass is 16.6. The summed E-state index contributed by atoms with van der Waals surface area (Å²) < 4.78 is 35.6. The van der Waals surface area contributed by atoms with E-state index in [1.807, 2.05) is 13.8 Å². The maximum absolute atomic E-state index is 13.3. The molecule has 0 aromatic carbocycles. The fraction of sp³-hybridized carbons (Fsp3) is 0.676. The van der Waals surface area contributed by atoms with E-state index in [1.54, 1.807) is 39.8 Å². The summed E-state index contributed by atoms with van der Waals surface area (Å²) in [7, 11) is 0. The summed E-state index contributed by atoms with van der Waals surface area (Å²) in [5.41, 5.74) is -1.32. The van der Waals surface area contributed by atoms with E-state index >= 15 is 0 Å². The average molecular weight is 631 g/mol. The lowest BCUT2D eigenvalue weighted by Gasteiger charge is -2.64. The molecule has 0 radical (unpaired) electrons. The number of ether oxygens (including phenoxy) is 6. The van der Waals surface area contributed by atoms with Crippen LogP contribution in [0.1, 0.15) is 81.1 Å². The van der Waals surface area contributed by atoms with Gasteiger partial charge in [-0.15, -0.1) is 0 Å². The van der Waals surface area contributed by atoms with E-state index in [0.29, 0.717) is 42.6 Å². The molecule has 0 aromatic heterocycles. The SMILES string of the molecule is C/C=C(\C)C(=O)O[C@@H](C[C@@]1(C)[C@H](C)C[C@H](OC(C)=O)[C@]2(COC(C)=O)[C@@H]1[C@H](OC(=O)/C(C)=C/C)CC[C@]21CO1)C1=CC(=O)OC1. The Labute approximate surface area is 264 Å². The minimum atomic E-state index is -1.09. The molecule has 2 saturated carbocycles. The molecule has 0 amide bonds. The zero-order valence-electron chi connectivity index (χ0n) is 27.6. The van der Waals surface area contributed by atoms with Crippen LogP contribution in [0, 0.1) is 22.7 Å². The molecule has 1 saturated heterocycles. The molecule has 0 bridgehead atoms. The number of allylic oxidation sites excluding steroid dienone is 2. The number of carbonyl (C=O) groups excluding carboxylic acids is 5. The topological polar surface area (TPSA) is 144 Å². The van der Waals surface area contributed by atoms with Crippen LogP contribution in [0.25, 0.3) is 0 Å². The normalized spacial score (nSPS) is 35.0. The third-order valence-electron chi connectivity index (χ3n) is 10.6. The summed E-state index contributed by atoms with van der Waals surface area (Å²) in [6.07, 6.45) is 3.98. The first-order valence-corrected chi connectivity index (χ1v) is 15.6. The Kier molecular flexibility index (Phi) is 10.0. The standard InChI is InChI=1S/C34H46O11/c1-9-19(3)30(38)44-25-11-12-33(17-42-33)34(18-41-22(6)35)27(43-23(7)36)13-21(5)32(8,29(25)34)15-26(24-14-28(37)40-16-24)45-31(39)20(4)10-2/h9-10,14,21,25-27,29H,11-13,15-18H2,1-8H3/b19-9+,20-10+/t21-,25-,26+,27+,29-,32+,33+,34-/m1/s1. The quantitative estimate of drug-likeness (QED) is 0.147. The zero-order chi connectivity index (χ0) is 33.3. The van der Waals surface area contributed by atoms with Crippen LogP contribution in [0.3, 0.4) is 0 Å². The van der Waals surface area contributed by atoms with Gasteiger partial charge in [-0.3, -0.25) is 9.59 Å². The van der Waals surface area contributed by atoms with Gasteiger partial charge < -0.3 is 28.4 Å². The lowest BCUT2D eigenvalue weighted by Crippen LogP contribution is -2.71. The maximum Gasteiger partial charge on any atom is 0.333 e. The van der Waals surface area contributed by atoms with Crippen molar-refractivity contribution in [2.45, 2.75) is 105 Å². The number of esters is 5. The van der Waals surface area contributed by atoms with Crippen LogP contribution >= 0.6 is 0 Å². The number of carbonyl (C=O) groups is 5. The van der Waals surface area contributed by atoms with Gasteiger partial charge in [-0.2, -0.15) is 0 Å². The van der Waals surface area contributed by atoms with Crippen molar-refractivity contribution in [2.24, 2.45) is 22.7 Å². The van der Waals surface area contributed by atoms with Gasteiger partial charge >= 0.3 is 29.8 Å². The lowest BCUT2D eigenvalue weighted by atomic mass is 9.42. The molecular weight excluding hydrogens is 584 g/mol. The second kappa shape index (κ2) is 13.1. The van der Waals surface area contributed by atoms with Crippen molar-refractivity contribution in [3.8, 4) is 0 Å². The molecule has 2 heterocycles. The first-order valence-electron chi connectivity index (χ1n) is 15.6. The van der Waals surface area contributed by atoms with Crippen LogP contribution in [0.2, 0.25) is 0 Å². The molecule has 45 heavy (non-hydrogen) atoms. The third kappa shape index (κ3) is 6.46. The van der Waals surface area contributed by atoms with Crippen LogP contribution in [-0.2, 0) is 52.4 Å². The van der Waals surface area contributed by atoms with Gasteiger partial charge in [0.1, 0.15) is 37.1 Å². The van der Waals surface area contributed by atoms with Crippen molar-refractivity contribution >= 4 is 29.8 Å². The molecule has 0 N–H and O–H groups in total. The minimum Gasteiger partial charge on any atom is -0.465 e. The van der Waals surface area contributed by atoms with Crippen molar-refractivity contribution in [2.75, 3.05) is 19.8 Å². The van der Waals surface area contributed by atoms with Crippen molar-refractivity contribution in [3.63, 3.8) is 0 Å². The molecule has 0 aromatic rings. The van der Waals surface area contributed by atoms with E-state index < -0.39 is 70.5 Å². The van der Waals surface area contributed by atoms with E-state index in [0.717, 1.165) is 0 Å². The van der Waals surface area contributed by atoms with Crippen molar-refractivity contribution in [3.05, 3.63) is 34.9 Å². The molecule has 3 fully saturated rings. The molecule has 11 nitrogen and oxygen atoms in total. The van der Waals surface area contributed by atoms with Gasteiger partial charge in [0, 0.05) is 42.6 Å². The minimum absolute atomic E-state index is 0.0264. The van der Waals surface area contributed by atoms with E-state index in [9.17, 15) is 24.0 Å². The molecular formula is C34H46O11. The Morgan fingerprint density at radius 3 is 2.20 bits per heavy atom. The van der Waals surface area contributed by atoms with Gasteiger partial charge in [0.05, 0.1) is 12.0 Å². The van der Waals surface area contributed by atoms with Gasteiger partial charge in [0.25, 0.3) is 0 Å². The van der Waals surface area contributed by atoms with Crippen molar-refractivity contribution in [1.82, 2.24) is 0 Å². The predicted molar refractivity (Wildman–Crippen MR) is 160 cm³/mol. The predicted octanol–water partition coefficient (Wildman–Crippen LogP) is 4.32. The number of epoxide rings is 1. The first-order chi connectivity index (χ1) is 21.1. The van der Waals surface area contributed by atoms with Gasteiger partial charge in [-0.1, -0.05) is 26.0 Å². The third-order valence-corrected chi connectivity index (χ3v) is 10.6. The Morgan fingerprint density at radius 2 is 1.67 bits per heavy atom. The van der Waals surface area contributed by atoms with Gasteiger partial charge in [0.15, 0.2) is 0 Å². The Hall–Kier alpha value is -3.47. The summed E-state index contributed by atoms with van der Waals surface area (Å²) in [6, 6.07) is 0. The van der Waals surface area contributed by atoms with Gasteiger partial charge in [-0.05, 0) is 64.7 Å². The highest BCUT2D eigenvalue weighted by molar-refractivity contribution is 5.89. The van der Waals surface area contributed by atoms with Gasteiger partial charge in [-0.25, -0.2) is 14.4 Å². The average Bonchev–Trinajstić information content (AvgIpc) is 3.64. The summed E-state index contributed by atoms with van der Waals surface area (Å²) in [5.74, 6) is -3.29. The van der Waals surface area contributed by atoms with Crippen molar-refractivity contribution in [1.29, 1.82) is 0 Å². The number of hydrogen-bond donors (Lipinski definition) is 0. The van der Waals surface area contributed by atoms with E-state index in [-0.39, 0.29) is 25.6 Å². The van der Waals surface area contributed by atoms with Crippen LogP contribution in [0.5, 0.6) is 0 Å². The number of rotatable bonds is 10. The first kappa shape index (κ1) is 34.4. The van der Waals surface area contributed by atoms with Crippen LogP contribution < -0.4 is 0 Å². The highest BCUT2D eigenvalue weighted by Gasteiger charge is 2.77. The summed E-state index contributed by atoms with van der Waals surface area (Å²) >= 11 is 0. The Morgan fingerprint density at radius 1 is 1.02 bits per heavy atom. The van der Waals surface area contributed by atoms with Crippen LogP contribution in [0.4, 0.5) is 0 Å². The Bertz CT molecular complexity index is 1320. The number of hydrogen-bond acceptors (Lipinski definition) is 11. The molecule has 248 valence electrons. The Balaban J connectivity index is 1.91. The van der Waals surface area contributed by atoms with E-state index in [1.165, 1.54) is 19.9 Å². The summed E-state index contributed by atoms with van der Waals surface area (Å²) in [5, 5.41) is 0. The van der Waals surface area contributed by atoms with Crippen molar-refractivity contribution < 1.29 is 52.4 Å². The molecule has 4 aliphatic rings. The number of cyclic esters (lactones) is 1. The van der Waals surface area contributed by atoms with Crippen LogP contribution in [-0.4, -0.2) is 73.6 Å². The molecule has 1 spiro atoms. The second-order valence-corrected chi connectivity index (χ2v) is 13.2. The summed E-state index contributed by atoms with van der Waals surface area (Å²) in [6.45, 7) is 13.7. The maximum atomic E-state index is 13.3. The van der Waals surface area contributed by atoms with E-state index in [2.05, 4.69) is 0 Å². The molecule has 8 atom stereocenters. The molecule has 4 rings (SSSR count). The molecule has 0 unspecified atom stereocenters. The smallest absolute Gasteiger partial charge is 0.333 e. The molecule has 11 heteroatoms. The van der Waals surface area contributed by atoms with Gasteiger partial charge in [0.2, 0.25) is 0 Å². The lowest BCUT2D eigenvalue weighted by molar-refractivity contribution is -0.258. The second-order valence-electron chi connectivity index (χ2n) is 13.2. The molecule has 2 aliphatic heterocycles.